The number of aromatic carboxylic acids is 1. The smallest absolute Gasteiger partial charge is 0.336 e. The highest BCUT2D eigenvalue weighted by molar-refractivity contribution is 7.91. The Morgan fingerprint density at radius 2 is 2.16 bits per heavy atom. The van der Waals surface area contributed by atoms with Gasteiger partial charge in [-0.15, -0.1) is 11.3 Å². The molecule has 0 saturated heterocycles. The monoisotopic (exact) mass is 307 g/mol. The van der Waals surface area contributed by atoms with Crippen LogP contribution in [0.15, 0.2) is 15.7 Å². The molecule has 1 aromatic rings. The summed E-state index contributed by atoms with van der Waals surface area (Å²) in [5.74, 6) is -1.17. The number of nitrogens with one attached hydrogen (secondary N) is 1. The van der Waals surface area contributed by atoms with Crippen LogP contribution in [0.2, 0.25) is 0 Å². The summed E-state index contributed by atoms with van der Waals surface area (Å²) in [6.45, 7) is 3.33. The number of carboxylic acids is 1. The number of hydrogen-bond acceptors (Lipinski definition) is 5. The molecule has 108 valence electrons. The van der Waals surface area contributed by atoms with Gasteiger partial charge in [-0.25, -0.2) is 17.9 Å². The second-order valence-corrected chi connectivity index (χ2v) is 7.44. The SMILES string of the molecule is CCCC(C)(O)CNS(=O)(=O)c1cc(C(=O)O)cs1. The van der Waals surface area contributed by atoms with E-state index >= 15 is 0 Å². The molecule has 1 atom stereocenters. The molecule has 0 spiro atoms. The average Bonchev–Trinajstić information content (AvgIpc) is 2.77. The first kappa shape index (κ1) is 16.1. The number of thiophene rings is 1. The molecular weight excluding hydrogens is 290 g/mol. The maximum absolute atomic E-state index is 11.9. The Kier molecular flexibility index (Phi) is 5.08. The Hall–Kier alpha value is -0.960. The first-order valence-electron chi connectivity index (χ1n) is 5.72. The van der Waals surface area contributed by atoms with Crippen LogP contribution >= 0.6 is 11.3 Å². The molecule has 19 heavy (non-hydrogen) atoms. The summed E-state index contributed by atoms with van der Waals surface area (Å²) in [4.78, 5) is 10.7. The molecule has 1 unspecified atom stereocenters. The third kappa shape index (κ3) is 4.57. The number of carboxylic acid groups (broad SMARTS) is 1. The third-order valence-corrected chi connectivity index (χ3v) is 5.36. The van der Waals surface area contributed by atoms with Gasteiger partial charge in [0.25, 0.3) is 0 Å². The molecule has 0 aliphatic rings. The van der Waals surface area contributed by atoms with Crippen LogP contribution in [0.5, 0.6) is 0 Å². The van der Waals surface area contributed by atoms with E-state index in [2.05, 4.69) is 4.72 Å². The molecule has 0 fully saturated rings. The van der Waals surface area contributed by atoms with Gasteiger partial charge in [-0.1, -0.05) is 13.3 Å². The minimum atomic E-state index is -3.78. The van der Waals surface area contributed by atoms with Crippen molar-refractivity contribution in [2.45, 2.75) is 36.5 Å². The Labute approximate surface area is 116 Å². The quantitative estimate of drug-likeness (QED) is 0.704. The maximum atomic E-state index is 11.9. The molecule has 0 radical (unpaired) electrons. The largest absolute Gasteiger partial charge is 0.478 e. The number of hydrogen-bond donors (Lipinski definition) is 3. The summed E-state index contributed by atoms with van der Waals surface area (Å²) in [7, 11) is -3.78. The summed E-state index contributed by atoms with van der Waals surface area (Å²) in [6.07, 6.45) is 1.21. The number of sulfonamides is 1. The standard InChI is InChI=1S/C11H17NO5S2/c1-3-4-11(2,15)7-12-19(16,17)9-5-8(6-18-9)10(13)14/h5-6,12,15H,3-4,7H2,1-2H3,(H,13,14). The first-order valence-corrected chi connectivity index (χ1v) is 8.08. The van der Waals surface area contributed by atoms with Gasteiger partial charge in [-0.2, -0.15) is 0 Å². The number of aliphatic hydroxyl groups is 1. The Morgan fingerprint density at radius 3 is 2.63 bits per heavy atom. The minimum absolute atomic E-state index is 0.0642. The summed E-state index contributed by atoms with van der Waals surface area (Å²) < 4.78 is 26.0. The van der Waals surface area contributed by atoms with Crippen molar-refractivity contribution in [1.82, 2.24) is 4.72 Å². The Morgan fingerprint density at radius 1 is 1.53 bits per heavy atom. The zero-order chi connectivity index (χ0) is 14.7. The molecule has 0 aliphatic carbocycles. The maximum Gasteiger partial charge on any atom is 0.336 e. The van der Waals surface area contributed by atoms with Crippen molar-refractivity contribution in [3.63, 3.8) is 0 Å². The van der Waals surface area contributed by atoms with E-state index in [9.17, 15) is 18.3 Å². The van der Waals surface area contributed by atoms with Crippen molar-refractivity contribution in [3.8, 4) is 0 Å². The van der Waals surface area contributed by atoms with E-state index in [0.717, 1.165) is 23.8 Å². The van der Waals surface area contributed by atoms with E-state index in [1.165, 1.54) is 5.38 Å². The van der Waals surface area contributed by atoms with E-state index in [0.29, 0.717) is 6.42 Å². The van der Waals surface area contributed by atoms with Crippen LogP contribution in [0, 0.1) is 0 Å². The Bertz CT molecular complexity index is 547. The van der Waals surface area contributed by atoms with E-state index in [1.807, 2.05) is 6.92 Å². The lowest BCUT2D eigenvalue weighted by Gasteiger charge is -2.22. The van der Waals surface area contributed by atoms with Gasteiger partial charge >= 0.3 is 5.97 Å². The highest BCUT2D eigenvalue weighted by Crippen LogP contribution is 2.21. The summed E-state index contributed by atoms with van der Waals surface area (Å²) in [5, 5.41) is 19.9. The van der Waals surface area contributed by atoms with Gasteiger partial charge in [0.15, 0.2) is 0 Å². The van der Waals surface area contributed by atoms with Gasteiger partial charge < -0.3 is 10.2 Å². The lowest BCUT2D eigenvalue weighted by Crippen LogP contribution is -2.40. The van der Waals surface area contributed by atoms with Crippen molar-refractivity contribution in [2.24, 2.45) is 0 Å². The van der Waals surface area contributed by atoms with Crippen molar-refractivity contribution >= 4 is 27.3 Å². The molecule has 0 saturated carbocycles. The topological polar surface area (TPSA) is 104 Å². The summed E-state index contributed by atoms with van der Waals surface area (Å²) >= 11 is 0.836. The van der Waals surface area contributed by atoms with Crippen LogP contribution in [-0.2, 0) is 10.0 Å². The summed E-state index contributed by atoms with van der Waals surface area (Å²) in [5.41, 5.74) is -1.18. The highest BCUT2D eigenvalue weighted by atomic mass is 32.2. The third-order valence-electron chi connectivity index (χ3n) is 2.52. The Balaban J connectivity index is 2.78. The fourth-order valence-electron chi connectivity index (χ4n) is 1.52. The molecule has 1 aromatic heterocycles. The summed E-state index contributed by atoms with van der Waals surface area (Å²) in [6, 6.07) is 1.10. The molecule has 1 rings (SSSR count). The molecule has 3 N–H and O–H groups in total. The van der Waals surface area contributed by atoms with E-state index < -0.39 is 21.6 Å². The predicted octanol–water partition coefficient (Wildman–Crippen LogP) is 1.28. The molecule has 8 heteroatoms. The minimum Gasteiger partial charge on any atom is -0.478 e. The average molecular weight is 307 g/mol. The van der Waals surface area contributed by atoms with Crippen molar-refractivity contribution in [3.05, 3.63) is 17.0 Å². The molecule has 1 heterocycles. The van der Waals surface area contributed by atoms with Gasteiger partial charge in [0.1, 0.15) is 4.21 Å². The van der Waals surface area contributed by atoms with Crippen molar-refractivity contribution in [1.29, 1.82) is 0 Å². The van der Waals surface area contributed by atoms with Gasteiger partial charge in [-0.05, 0) is 19.4 Å². The van der Waals surface area contributed by atoms with E-state index in [-0.39, 0.29) is 16.3 Å². The predicted molar refractivity (Wildman–Crippen MR) is 72.0 cm³/mol. The molecular formula is C11H17NO5S2. The van der Waals surface area contributed by atoms with Gasteiger partial charge in [0.2, 0.25) is 10.0 Å². The van der Waals surface area contributed by atoms with Crippen LogP contribution in [0.1, 0.15) is 37.0 Å². The highest BCUT2D eigenvalue weighted by Gasteiger charge is 2.24. The fraction of sp³-hybridized carbons (Fsp3) is 0.545. The normalized spacial score (nSPS) is 15.1. The van der Waals surface area contributed by atoms with Crippen molar-refractivity contribution in [2.75, 3.05) is 6.54 Å². The fourth-order valence-corrected chi connectivity index (χ4v) is 3.88. The zero-order valence-corrected chi connectivity index (χ0v) is 12.3. The zero-order valence-electron chi connectivity index (χ0n) is 10.7. The van der Waals surface area contributed by atoms with Gasteiger partial charge in [0.05, 0.1) is 11.2 Å². The molecule has 6 nitrogen and oxygen atoms in total. The molecule has 0 aliphatic heterocycles. The van der Waals surface area contributed by atoms with Crippen LogP contribution in [-0.4, -0.2) is 36.7 Å². The second-order valence-electron chi connectivity index (χ2n) is 4.53. The van der Waals surface area contributed by atoms with Crippen LogP contribution < -0.4 is 4.72 Å². The molecule has 0 amide bonds. The lowest BCUT2D eigenvalue weighted by molar-refractivity contribution is 0.0554. The number of carbonyl (C=O) groups is 1. The van der Waals surface area contributed by atoms with Crippen LogP contribution in [0.25, 0.3) is 0 Å². The van der Waals surface area contributed by atoms with Crippen LogP contribution in [0.3, 0.4) is 0 Å². The number of rotatable bonds is 7. The van der Waals surface area contributed by atoms with Crippen molar-refractivity contribution < 1.29 is 23.4 Å². The van der Waals surface area contributed by atoms with Gasteiger partial charge in [0, 0.05) is 11.9 Å². The first-order chi connectivity index (χ1) is 8.68. The van der Waals surface area contributed by atoms with E-state index in [1.54, 1.807) is 6.92 Å². The van der Waals surface area contributed by atoms with E-state index in [4.69, 9.17) is 5.11 Å². The lowest BCUT2D eigenvalue weighted by atomic mass is 10.0. The second kappa shape index (κ2) is 6.00. The van der Waals surface area contributed by atoms with Gasteiger partial charge in [-0.3, -0.25) is 0 Å². The van der Waals surface area contributed by atoms with Crippen LogP contribution in [0.4, 0.5) is 0 Å². The molecule has 0 aromatic carbocycles. The molecule has 0 bridgehead atoms.